The number of methoxy groups -OCH3 is 1. The second-order valence-electron chi connectivity index (χ2n) is 2.46. The third-order valence-corrected chi connectivity index (χ3v) is 1.51. The molecule has 0 aliphatic carbocycles. The van der Waals surface area contributed by atoms with Crippen LogP contribution in [-0.4, -0.2) is 30.3 Å². The highest BCUT2D eigenvalue weighted by atomic mass is 35.5. The van der Waals surface area contributed by atoms with E-state index in [1.807, 2.05) is 6.92 Å². The van der Waals surface area contributed by atoms with Crippen molar-refractivity contribution < 1.29 is 9.47 Å². The summed E-state index contributed by atoms with van der Waals surface area (Å²) in [6.07, 6.45) is 0. The van der Waals surface area contributed by atoms with E-state index in [0.717, 1.165) is 5.69 Å². The van der Waals surface area contributed by atoms with Crippen LogP contribution in [0.15, 0.2) is 6.07 Å². The van der Waals surface area contributed by atoms with Gasteiger partial charge in [0.05, 0.1) is 6.61 Å². The van der Waals surface area contributed by atoms with Gasteiger partial charge in [-0.25, -0.2) is 4.98 Å². The quantitative estimate of drug-likeness (QED) is 0.548. The van der Waals surface area contributed by atoms with E-state index in [1.54, 1.807) is 13.2 Å². The molecule has 0 saturated heterocycles. The molecule has 4 nitrogen and oxygen atoms in total. The normalized spacial score (nSPS) is 10.1. The van der Waals surface area contributed by atoms with Gasteiger partial charge in [-0.05, 0) is 18.5 Å². The van der Waals surface area contributed by atoms with Crippen LogP contribution in [-0.2, 0) is 4.74 Å². The van der Waals surface area contributed by atoms with Crippen molar-refractivity contribution in [2.45, 2.75) is 6.92 Å². The maximum Gasteiger partial charge on any atom is 0.225 e. The predicted molar refractivity (Wildman–Crippen MR) is 49.2 cm³/mol. The number of nitrogens with zero attached hydrogens (tertiary/aromatic N) is 2. The first kappa shape index (κ1) is 10.2. The van der Waals surface area contributed by atoms with Gasteiger partial charge in [0.2, 0.25) is 11.2 Å². The maximum absolute atomic E-state index is 5.63. The number of rotatable bonds is 4. The molecule has 1 aromatic rings. The average Bonchev–Trinajstić information content (AvgIpc) is 2.03. The predicted octanol–water partition coefficient (Wildman–Crippen LogP) is 1.46. The molecule has 0 amide bonds. The molecule has 0 aliphatic heterocycles. The molecule has 5 heteroatoms. The summed E-state index contributed by atoms with van der Waals surface area (Å²) < 4.78 is 10.1. The average molecular weight is 203 g/mol. The molecule has 0 N–H and O–H groups in total. The lowest BCUT2D eigenvalue weighted by atomic mass is 10.4. The molecule has 1 rings (SSSR count). The Hall–Kier alpha value is -0.870. The fourth-order valence-corrected chi connectivity index (χ4v) is 1.02. The Bertz CT molecular complexity index is 261. The Balaban J connectivity index is 2.56. The number of aromatic nitrogens is 2. The summed E-state index contributed by atoms with van der Waals surface area (Å²) in [5.74, 6) is 0.481. The fourth-order valence-electron chi connectivity index (χ4n) is 0.808. The van der Waals surface area contributed by atoms with Crippen LogP contribution in [0.4, 0.5) is 0 Å². The molecule has 13 heavy (non-hydrogen) atoms. The SMILES string of the molecule is COCCOc1cc(C)nc(Cl)n1. The lowest BCUT2D eigenvalue weighted by molar-refractivity contribution is 0.143. The van der Waals surface area contributed by atoms with Gasteiger partial charge in [0.25, 0.3) is 0 Å². The van der Waals surface area contributed by atoms with Crippen LogP contribution < -0.4 is 4.74 Å². The summed E-state index contributed by atoms with van der Waals surface area (Å²) in [6, 6.07) is 1.72. The summed E-state index contributed by atoms with van der Waals surface area (Å²) in [4.78, 5) is 7.79. The molecule has 72 valence electrons. The minimum atomic E-state index is 0.201. The Morgan fingerprint density at radius 2 is 2.15 bits per heavy atom. The molecule has 0 radical (unpaired) electrons. The van der Waals surface area contributed by atoms with Crippen molar-refractivity contribution in [1.29, 1.82) is 0 Å². The molecule has 0 atom stereocenters. The molecule has 1 aromatic heterocycles. The van der Waals surface area contributed by atoms with E-state index in [-0.39, 0.29) is 5.28 Å². The highest BCUT2D eigenvalue weighted by Gasteiger charge is 1.99. The summed E-state index contributed by atoms with van der Waals surface area (Å²) in [5.41, 5.74) is 0.785. The van der Waals surface area contributed by atoms with Crippen LogP contribution >= 0.6 is 11.6 Å². The van der Waals surface area contributed by atoms with E-state index in [1.165, 1.54) is 0 Å². The van der Waals surface area contributed by atoms with E-state index in [2.05, 4.69) is 9.97 Å². The summed E-state index contributed by atoms with van der Waals surface area (Å²) in [7, 11) is 1.61. The van der Waals surface area contributed by atoms with Gasteiger partial charge in [-0.15, -0.1) is 0 Å². The van der Waals surface area contributed by atoms with Gasteiger partial charge in [0.15, 0.2) is 0 Å². The summed E-state index contributed by atoms with van der Waals surface area (Å²) in [6.45, 7) is 2.82. The van der Waals surface area contributed by atoms with Crippen LogP contribution in [0.3, 0.4) is 0 Å². The topological polar surface area (TPSA) is 44.2 Å². The van der Waals surface area contributed by atoms with Gasteiger partial charge in [-0.2, -0.15) is 4.98 Å². The zero-order chi connectivity index (χ0) is 9.68. The van der Waals surface area contributed by atoms with Gasteiger partial charge >= 0.3 is 0 Å². The van der Waals surface area contributed by atoms with Gasteiger partial charge in [0.1, 0.15) is 6.61 Å². The Morgan fingerprint density at radius 1 is 1.38 bits per heavy atom. The van der Waals surface area contributed by atoms with E-state index >= 15 is 0 Å². The monoisotopic (exact) mass is 202 g/mol. The van der Waals surface area contributed by atoms with E-state index in [0.29, 0.717) is 19.1 Å². The third kappa shape index (κ3) is 3.57. The van der Waals surface area contributed by atoms with E-state index < -0.39 is 0 Å². The summed E-state index contributed by atoms with van der Waals surface area (Å²) in [5, 5.41) is 0.201. The van der Waals surface area contributed by atoms with Gasteiger partial charge in [-0.3, -0.25) is 0 Å². The number of hydrogen-bond donors (Lipinski definition) is 0. The first-order valence-electron chi connectivity index (χ1n) is 3.85. The van der Waals surface area contributed by atoms with Crippen molar-refractivity contribution in [3.8, 4) is 5.88 Å². The Labute approximate surface area is 81.9 Å². The first-order chi connectivity index (χ1) is 6.22. The van der Waals surface area contributed by atoms with Crippen molar-refractivity contribution >= 4 is 11.6 Å². The molecule has 0 fully saturated rings. The molecular weight excluding hydrogens is 192 g/mol. The van der Waals surface area contributed by atoms with Crippen molar-refractivity contribution in [1.82, 2.24) is 9.97 Å². The second kappa shape index (κ2) is 4.99. The Kier molecular flexibility index (Phi) is 3.92. The van der Waals surface area contributed by atoms with Crippen LogP contribution in [0.25, 0.3) is 0 Å². The number of halogens is 1. The van der Waals surface area contributed by atoms with Crippen LogP contribution in [0, 0.1) is 6.92 Å². The van der Waals surface area contributed by atoms with Crippen LogP contribution in [0.1, 0.15) is 5.69 Å². The number of aryl methyl sites for hydroxylation is 1. The minimum Gasteiger partial charge on any atom is -0.475 e. The maximum atomic E-state index is 5.63. The zero-order valence-corrected chi connectivity index (χ0v) is 8.34. The van der Waals surface area contributed by atoms with Gasteiger partial charge < -0.3 is 9.47 Å². The first-order valence-corrected chi connectivity index (χ1v) is 4.23. The van der Waals surface area contributed by atoms with Crippen molar-refractivity contribution in [3.05, 3.63) is 17.0 Å². The van der Waals surface area contributed by atoms with Gasteiger partial charge in [0, 0.05) is 18.9 Å². The van der Waals surface area contributed by atoms with Crippen molar-refractivity contribution in [3.63, 3.8) is 0 Å². The van der Waals surface area contributed by atoms with Crippen molar-refractivity contribution in [2.24, 2.45) is 0 Å². The molecule has 0 bridgehead atoms. The zero-order valence-electron chi connectivity index (χ0n) is 7.58. The van der Waals surface area contributed by atoms with Crippen LogP contribution in [0.5, 0.6) is 5.88 Å². The molecular formula is C8H11ClN2O2. The highest BCUT2D eigenvalue weighted by molar-refractivity contribution is 6.28. The molecule has 0 aliphatic rings. The minimum absolute atomic E-state index is 0.201. The lowest BCUT2D eigenvalue weighted by Crippen LogP contribution is -2.06. The molecule has 0 spiro atoms. The molecule has 0 aromatic carbocycles. The third-order valence-electron chi connectivity index (χ3n) is 1.34. The standard InChI is InChI=1S/C8H11ClN2O2/c1-6-5-7(11-8(9)10-6)13-4-3-12-2/h5H,3-4H2,1-2H3. The smallest absolute Gasteiger partial charge is 0.225 e. The number of ether oxygens (including phenoxy) is 2. The van der Waals surface area contributed by atoms with Crippen LogP contribution in [0.2, 0.25) is 5.28 Å². The lowest BCUT2D eigenvalue weighted by Gasteiger charge is -2.04. The molecule has 1 heterocycles. The number of hydrogen-bond acceptors (Lipinski definition) is 4. The highest BCUT2D eigenvalue weighted by Crippen LogP contribution is 2.11. The van der Waals surface area contributed by atoms with E-state index in [9.17, 15) is 0 Å². The summed E-state index contributed by atoms with van der Waals surface area (Å²) >= 11 is 5.63. The van der Waals surface area contributed by atoms with Gasteiger partial charge in [-0.1, -0.05) is 0 Å². The second-order valence-corrected chi connectivity index (χ2v) is 2.80. The Morgan fingerprint density at radius 3 is 2.77 bits per heavy atom. The molecule has 0 unspecified atom stereocenters. The fraction of sp³-hybridized carbons (Fsp3) is 0.500. The molecule has 0 saturated carbocycles. The van der Waals surface area contributed by atoms with Crippen molar-refractivity contribution in [2.75, 3.05) is 20.3 Å². The largest absolute Gasteiger partial charge is 0.475 e. The van der Waals surface area contributed by atoms with E-state index in [4.69, 9.17) is 21.1 Å².